The highest BCUT2D eigenvalue weighted by Crippen LogP contribution is 2.69. The standard InChI is InChI=1S/C41H80N4O3/c1-5-6-7-8-9-10-23-45-24-11-15-31(2)34-16-17-35-39-36(30-38(41(34,35)4)48-27-14-22-44)40(3)19-18-33(46-25-12-20-42)28-32(40)29-37(39)47-26-13-21-43/h31-39,45H,5-30,42-44H2,1-4H3/t31?,32?,33-,34?,35+,36+,37-,38+,39?,40?,41?/m1/s1. The molecule has 7 heteroatoms. The molecule has 0 aliphatic heterocycles. The van der Waals surface area contributed by atoms with E-state index in [2.05, 4.69) is 33.0 Å². The van der Waals surface area contributed by atoms with Gasteiger partial charge < -0.3 is 36.7 Å². The van der Waals surface area contributed by atoms with Crippen molar-refractivity contribution < 1.29 is 14.2 Å². The van der Waals surface area contributed by atoms with Gasteiger partial charge in [-0.15, -0.1) is 0 Å². The van der Waals surface area contributed by atoms with Gasteiger partial charge in [0.05, 0.1) is 18.3 Å². The largest absolute Gasteiger partial charge is 0.378 e. The summed E-state index contributed by atoms with van der Waals surface area (Å²) in [6, 6.07) is 0. The van der Waals surface area contributed by atoms with Gasteiger partial charge in [0, 0.05) is 25.2 Å². The highest BCUT2D eigenvalue weighted by atomic mass is 16.5. The number of unbranched alkanes of at least 4 members (excludes halogenated alkanes) is 5. The number of fused-ring (bicyclic) bond motifs is 5. The molecule has 6 unspecified atom stereocenters. The Morgan fingerprint density at radius 1 is 0.708 bits per heavy atom. The second-order valence-corrected chi connectivity index (χ2v) is 17.1. The van der Waals surface area contributed by atoms with Crippen LogP contribution in [0.15, 0.2) is 0 Å². The van der Waals surface area contributed by atoms with Crippen LogP contribution in [-0.4, -0.2) is 70.9 Å². The maximum Gasteiger partial charge on any atom is 0.0637 e. The monoisotopic (exact) mass is 677 g/mol. The molecule has 7 nitrogen and oxygen atoms in total. The lowest BCUT2D eigenvalue weighted by Gasteiger charge is -2.65. The van der Waals surface area contributed by atoms with Gasteiger partial charge in [-0.25, -0.2) is 0 Å². The van der Waals surface area contributed by atoms with Gasteiger partial charge in [-0.05, 0) is 157 Å². The molecule has 4 rings (SSSR count). The van der Waals surface area contributed by atoms with Crippen molar-refractivity contribution in [2.24, 2.45) is 63.5 Å². The second-order valence-electron chi connectivity index (χ2n) is 17.1. The number of nitrogens with one attached hydrogen (secondary N) is 1. The van der Waals surface area contributed by atoms with E-state index in [0.29, 0.717) is 78.9 Å². The summed E-state index contributed by atoms with van der Waals surface area (Å²) in [5, 5.41) is 3.77. The summed E-state index contributed by atoms with van der Waals surface area (Å²) in [7, 11) is 0. The Morgan fingerprint density at radius 2 is 1.38 bits per heavy atom. The van der Waals surface area contributed by atoms with Gasteiger partial charge in [0.2, 0.25) is 0 Å². The zero-order chi connectivity index (χ0) is 34.4. The van der Waals surface area contributed by atoms with Crippen molar-refractivity contribution in [3.63, 3.8) is 0 Å². The van der Waals surface area contributed by atoms with E-state index >= 15 is 0 Å². The molecule has 4 aliphatic carbocycles. The van der Waals surface area contributed by atoms with Crippen LogP contribution in [0.2, 0.25) is 0 Å². The predicted molar refractivity (Wildman–Crippen MR) is 201 cm³/mol. The highest BCUT2D eigenvalue weighted by molar-refractivity contribution is 5.15. The minimum absolute atomic E-state index is 0.183. The SMILES string of the molecule is CCCCCCCCNCCCC(C)C1CC[C@H]2C3[C@H](OCCCN)CC4C[C@H](OCCCN)CCC4(C)[C@H]3C[C@H](OCCCN)C12C. The van der Waals surface area contributed by atoms with E-state index in [-0.39, 0.29) is 5.41 Å². The molecule has 0 bridgehead atoms. The molecule has 0 heterocycles. The van der Waals surface area contributed by atoms with Gasteiger partial charge in [0.1, 0.15) is 0 Å². The fraction of sp³-hybridized carbons (Fsp3) is 1.00. The highest BCUT2D eigenvalue weighted by Gasteiger charge is 2.66. The zero-order valence-electron chi connectivity index (χ0n) is 32.0. The summed E-state index contributed by atoms with van der Waals surface area (Å²) in [4.78, 5) is 0. The van der Waals surface area contributed by atoms with E-state index in [1.54, 1.807) is 0 Å². The third kappa shape index (κ3) is 9.98. The van der Waals surface area contributed by atoms with Crippen LogP contribution in [0.5, 0.6) is 0 Å². The normalized spacial score (nSPS) is 36.8. The maximum atomic E-state index is 7.03. The lowest BCUT2D eigenvalue weighted by Crippen LogP contribution is -2.63. The lowest BCUT2D eigenvalue weighted by atomic mass is 9.43. The molecule has 0 amide bonds. The summed E-state index contributed by atoms with van der Waals surface area (Å²) in [5.74, 6) is 3.92. The van der Waals surface area contributed by atoms with Crippen LogP contribution in [0, 0.1) is 46.3 Å². The Bertz CT molecular complexity index is 879. The van der Waals surface area contributed by atoms with Crippen LogP contribution in [0.3, 0.4) is 0 Å². The molecule has 7 N–H and O–H groups in total. The summed E-state index contributed by atoms with van der Waals surface area (Å²) in [6.45, 7) is 17.0. The van der Waals surface area contributed by atoms with Gasteiger partial charge in [-0.2, -0.15) is 0 Å². The van der Waals surface area contributed by atoms with E-state index in [1.165, 1.54) is 96.4 Å². The molecule has 11 atom stereocenters. The molecule has 0 aromatic heterocycles. The van der Waals surface area contributed by atoms with Crippen LogP contribution >= 0.6 is 0 Å². The van der Waals surface area contributed by atoms with E-state index in [1.807, 2.05) is 0 Å². The van der Waals surface area contributed by atoms with Gasteiger partial charge in [-0.3, -0.25) is 0 Å². The average molecular weight is 677 g/mol. The molecule has 282 valence electrons. The third-order valence-electron chi connectivity index (χ3n) is 14.2. The molecular weight excluding hydrogens is 596 g/mol. The summed E-state index contributed by atoms with van der Waals surface area (Å²) in [6.07, 6.45) is 23.2. The molecule has 4 saturated carbocycles. The molecule has 0 radical (unpaired) electrons. The first-order valence-electron chi connectivity index (χ1n) is 21.0. The van der Waals surface area contributed by atoms with Gasteiger partial charge in [-0.1, -0.05) is 59.8 Å². The first kappa shape index (κ1) is 40.5. The number of nitrogens with two attached hydrogens (primary N) is 3. The van der Waals surface area contributed by atoms with Crippen molar-refractivity contribution in [2.45, 2.75) is 162 Å². The Hall–Kier alpha value is -0.280. The van der Waals surface area contributed by atoms with E-state index < -0.39 is 0 Å². The number of rotatable bonds is 24. The first-order chi connectivity index (χ1) is 23.3. The average Bonchev–Trinajstić information content (AvgIpc) is 3.44. The quantitative estimate of drug-likeness (QED) is 0.0786. The topological polar surface area (TPSA) is 118 Å². The molecule has 0 spiro atoms. The minimum Gasteiger partial charge on any atom is -0.378 e. The lowest BCUT2D eigenvalue weighted by molar-refractivity contribution is -0.227. The Kier molecular flexibility index (Phi) is 17.4. The van der Waals surface area contributed by atoms with Crippen LogP contribution < -0.4 is 22.5 Å². The van der Waals surface area contributed by atoms with Crippen LogP contribution in [-0.2, 0) is 14.2 Å². The summed E-state index contributed by atoms with van der Waals surface area (Å²) in [5.41, 5.74) is 18.3. The van der Waals surface area contributed by atoms with Crippen molar-refractivity contribution in [3.05, 3.63) is 0 Å². The fourth-order valence-electron chi connectivity index (χ4n) is 11.5. The summed E-state index contributed by atoms with van der Waals surface area (Å²) < 4.78 is 20.4. The minimum atomic E-state index is 0.183. The van der Waals surface area contributed by atoms with Crippen molar-refractivity contribution >= 4 is 0 Å². The van der Waals surface area contributed by atoms with Crippen LogP contribution in [0.4, 0.5) is 0 Å². The molecule has 0 saturated heterocycles. The third-order valence-corrected chi connectivity index (χ3v) is 14.2. The molecule has 4 aliphatic rings. The van der Waals surface area contributed by atoms with E-state index in [9.17, 15) is 0 Å². The van der Waals surface area contributed by atoms with E-state index in [4.69, 9.17) is 31.4 Å². The van der Waals surface area contributed by atoms with Crippen LogP contribution in [0.25, 0.3) is 0 Å². The van der Waals surface area contributed by atoms with Gasteiger partial charge >= 0.3 is 0 Å². The molecule has 0 aromatic rings. The van der Waals surface area contributed by atoms with E-state index in [0.717, 1.165) is 52.0 Å². The Labute approximate surface area is 296 Å². The maximum absolute atomic E-state index is 7.03. The molecular formula is C41H80N4O3. The van der Waals surface area contributed by atoms with Crippen molar-refractivity contribution in [3.8, 4) is 0 Å². The fourth-order valence-corrected chi connectivity index (χ4v) is 11.5. The number of ether oxygens (including phenoxy) is 3. The Balaban J connectivity index is 1.46. The van der Waals surface area contributed by atoms with Gasteiger partial charge in [0.25, 0.3) is 0 Å². The molecule has 0 aromatic carbocycles. The van der Waals surface area contributed by atoms with Gasteiger partial charge in [0.15, 0.2) is 0 Å². The van der Waals surface area contributed by atoms with Crippen molar-refractivity contribution in [1.29, 1.82) is 0 Å². The van der Waals surface area contributed by atoms with Crippen LogP contribution in [0.1, 0.15) is 143 Å². The zero-order valence-corrected chi connectivity index (χ0v) is 32.0. The van der Waals surface area contributed by atoms with Crippen molar-refractivity contribution in [1.82, 2.24) is 5.32 Å². The number of hydrogen-bond donors (Lipinski definition) is 4. The Morgan fingerprint density at radius 3 is 2.10 bits per heavy atom. The second kappa shape index (κ2) is 20.7. The first-order valence-corrected chi connectivity index (χ1v) is 21.0. The summed E-state index contributed by atoms with van der Waals surface area (Å²) >= 11 is 0. The van der Waals surface area contributed by atoms with Crippen molar-refractivity contribution in [2.75, 3.05) is 52.5 Å². The molecule has 4 fully saturated rings. The molecule has 48 heavy (non-hydrogen) atoms. The number of hydrogen-bond acceptors (Lipinski definition) is 7. The smallest absolute Gasteiger partial charge is 0.0637 e. The predicted octanol–water partition coefficient (Wildman–Crippen LogP) is 7.43.